The molecule has 1 aliphatic rings. The highest BCUT2D eigenvalue weighted by Crippen LogP contribution is 2.49. The Labute approximate surface area is 141 Å². The van der Waals surface area contributed by atoms with Crippen LogP contribution in [-0.4, -0.2) is 26.3 Å². The molecule has 0 saturated carbocycles. The van der Waals surface area contributed by atoms with Gasteiger partial charge < -0.3 is 14.2 Å². The number of ether oxygens (including phenoxy) is 3. The van der Waals surface area contributed by atoms with E-state index in [4.69, 9.17) is 19.2 Å². The molecule has 4 heteroatoms. The molecule has 24 heavy (non-hydrogen) atoms. The molecule has 1 aromatic heterocycles. The van der Waals surface area contributed by atoms with Crippen molar-refractivity contribution in [2.45, 2.75) is 12.8 Å². The molecule has 4 nitrogen and oxygen atoms in total. The average molecular weight is 321 g/mol. The van der Waals surface area contributed by atoms with Crippen molar-refractivity contribution in [3.8, 4) is 28.5 Å². The fourth-order valence-corrected chi connectivity index (χ4v) is 3.62. The van der Waals surface area contributed by atoms with Gasteiger partial charge in [-0.2, -0.15) is 0 Å². The zero-order chi connectivity index (χ0) is 16.8. The van der Waals surface area contributed by atoms with Crippen LogP contribution >= 0.6 is 0 Å². The fourth-order valence-electron chi connectivity index (χ4n) is 3.62. The van der Waals surface area contributed by atoms with E-state index in [-0.39, 0.29) is 5.92 Å². The smallest absolute Gasteiger partial charge is 0.161 e. The first-order chi connectivity index (χ1) is 11.7. The molecule has 0 saturated heterocycles. The molecule has 0 radical (unpaired) electrons. The first kappa shape index (κ1) is 14.8. The molecule has 0 fully saturated rings. The zero-order valence-electron chi connectivity index (χ0n) is 14.2. The minimum absolute atomic E-state index is 0.249. The van der Waals surface area contributed by atoms with Gasteiger partial charge in [0.05, 0.1) is 27.0 Å². The molecule has 2 aromatic carbocycles. The van der Waals surface area contributed by atoms with Crippen molar-refractivity contribution in [1.29, 1.82) is 0 Å². The van der Waals surface area contributed by atoms with Crippen LogP contribution in [0.25, 0.3) is 22.0 Å². The molecule has 1 heterocycles. The Hall–Kier alpha value is -2.75. The van der Waals surface area contributed by atoms with Gasteiger partial charge in [-0.15, -0.1) is 0 Å². The second-order valence-corrected chi connectivity index (χ2v) is 5.99. The lowest BCUT2D eigenvalue weighted by Crippen LogP contribution is -1.95. The summed E-state index contributed by atoms with van der Waals surface area (Å²) in [5, 5.41) is 2.30. The van der Waals surface area contributed by atoms with E-state index in [0.29, 0.717) is 0 Å². The van der Waals surface area contributed by atoms with Crippen molar-refractivity contribution in [1.82, 2.24) is 4.98 Å². The minimum atomic E-state index is 0.249. The quantitative estimate of drug-likeness (QED) is 0.717. The van der Waals surface area contributed by atoms with Crippen LogP contribution in [0, 0.1) is 0 Å². The molecule has 0 N–H and O–H groups in total. The molecular formula is C20H19NO3. The number of methoxy groups -OCH3 is 3. The number of aromatic nitrogens is 1. The van der Waals surface area contributed by atoms with E-state index < -0.39 is 0 Å². The lowest BCUT2D eigenvalue weighted by Gasteiger charge is -2.12. The maximum absolute atomic E-state index is 5.46. The van der Waals surface area contributed by atoms with Crippen molar-refractivity contribution in [3.05, 3.63) is 47.7 Å². The maximum Gasteiger partial charge on any atom is 0.161 e. The summed E-state index contributed by atoms with van der Waals surface area (Å²) in [6, 6.07) is 10.2. The monoisotopic (exact) mass is 321 g/mol. The zero-order valence-corrected chi connectivity index (χ0v) is 14.2. The first-order valence-electron chi connectivity index (χ1n) is 7.91. The number of fused-ring (bicyclic) bond motifs is 5. The summed E-state index contributed by atoms with van der Waals surface area (Å²) in [7, 11) is 5.00. The predicted octanol–water partition coefficient (Wildman–Crippen LogP) is 4.39. The highest BCUT2D eigenvalue weighted by atomic mass is 16.5. The van der Waals surface area contributed by atoms with Crippen LogP contribution in [0.3, 0.4) is 0 Å². The van der Waals surface area contributed by atoms with E-state index in [2.05, 4.69) is 19.1 Å². The van der Waals surface area contributed by atoms with Gasteiger partial charge in [0.2, 0.25) is 0 Å². The Balaban J connectivity index is 1.98. The van der Waals surface area contributed by atoms with Gasteiger partial charge in [-0.05, 0) is 40.8 Å². The van der Waals surface area contributed by atoms with E-state index in [1.165, 1.54) is 16.5 Å². The van der Waals surface area contributed by atoms with E-state index >= 15 is 0 Å². The standard InChI is InChI=1S/C20H19NO3/c1-11-15-8-17(23-3)18(24-4)9-16(15)20-19(11)14-6-5-13(22-2)7-12(14)10-21-20/h5-11H,1-4H3/t11-/m1/s1. The van der Waals surface area contributed by atoms with Gasteiger partial charge in [0.15, 0.2) is 11.5 Å². The summed E-state index contributed by atoms with van der Waals surface area (Å²) in [5.74, 6) is 2.57. The molecule has 0 amide bonds. The van der Waals surface area contributed by atoms with Gasteiger partial charge in [-0.3, -0.25) is 4.98 Å². The second-order valence-electron chi connectivity index (χ2n) is 5.99. The van der Waals surface area contributed by atoms with Gasteiger partial charge >= 0.3 is 0 Å². The van der Waals surface area contributed by atoms with Crippen LogP contribution in [0.1, 0.15) is 24.0 Å². The lowest BCUT2D eigenvalue weighted by atomic mass is 9.95. The summed E-state index contributed by atoms with van der Waals surface area (Å²) < 4.78 is 16.3. The minimum Gasteiger partial charge on any atom is -0.497 e. The predicted molar refractivity (Wildman–Crippen MR) is 94.4 cm³/mol. The molecule has 1 aliphatic carbocycles. The van der Waals surface area contributed by atoms with Gasteiger partial charge in [0.1, 0.15) is 5.75 Å². The molecule has 122 valence electrons. The summed E-state index contributed by atoms with van der Waals surface area (Å²) in [6.07, 6.45) is 1.91. The molecule has 0 spiro atoms. The van der Waals surface area contributed by atoms with E-state index in [0.717, 1.165) is 33.9 Å². The largest absolute Gasteiger partial charge is 0.497 e. The van der Waals surface area contributed by atoms with Crippen molar-refractivity contribution in [3.63, 3.8) is 0 Å². The van der Waals surface area contributed by atoms with Gasteiger partial charge in [0.25, 0.3) is 0 Å². The number of hydrogen-bond acceptors (Lipinski definition) is 4. The van der Waals surface area contributed by atoms with Gasteiger partial charge in [-0.25, -0.2) is 0 Å². The van der Waals surface area contributed by atoms with Crippen molar-refractivity contribution in [2.75, 3.05) is 21.3 Å². The summed E-state index contributed by atoms with van der Waals surface area (Å²) in [4.78, 5) is 4.73. The third kappa shape index (κ3) is 1.96. The van der Waals surface area contributed by atoms with Crippen LogP contribution < -0.4 is 14.2 Å². The average Bonchev–Trinajstić information content (AvgIpc) is 2.92. The summed E-state index contributed by atoms with van der Waals surface area (Å²) in [6.45, 7) is 2.21. The molecule has 0 bridgehead atoms. The highest BCUT2D eigenvalue weighted by Gasteiger charge is 2.30. The molecule has 0 aliphatic heterocycles. The number of hydrogen-bond donors (Lipinski definition) is 0. The number of pyridine rings is 1. The number of rotatable bonds is 3. The third-order valence-corrected chi connectivity index (χ3v) is 4.85. The summed E-state index contributed by atoms with van der Waals surface area (Å²) >= 11 is 0. The first-order valence-corrected chi connectivity index (χ1v) is 7.91. The van der Waals surface area contributed by atoms with Crippen molar-refractivity contribution < 1.29 is 14.2 Å². The molecule has 3 aromatic rings. The number of benzene rings is 2. The fraction of sp³-hybridized carbons (Fsp3) is 0.250. The third-order valence-electron chi connectivity index (χ3n) is 4.85. The van der Waals surface area contributed by atoms with Crippen LogP contribution in [0.15, 0.2) is 36.5 Å². The molecule has 0 unspecified atom stereocenters. The Morgan fingerprint density at radius 1 is 0.917 bits per heavy atom. The Morgan fingerprint density at radius 2 is 1.67 bits per heavy atom. The molecule has 4 rings (SSSR count). The van der Waals surface area contributed by atoms with Crippen LogP contribution in [0.2, 0.25) is 0 Å². The second kappa shape index (κ2) is 5.41. The molecular weight excluding hydrogens is 302 g/mol. The SMILES string of the molecule is COc1ccc2c3c(ncc2c1)-c1cc(OC)c(OC)cc1[C@H]3C. The van der Waals surface area contributed by atoms with Gasteiger partial charge in [0, 0.05) is 23.1 Å². The Bertz CT molecular complexity index is 949. The lowest BCUT2D eigenvalue weighted by molar-refractivity contribution is 0.354. The van der Waals surface area contributed by atoms with E-state index in [9.17, 15) is 0 Å². The van der Waals surface area contributed by atoms with Crippen molar-refractivity contribution in [2.24, 2.45) is 0 Å². The summed E-state index contributed by atoms with van der Waals surface area (Å²) in [5.41, 5.74) is 4.61. The van der Waals surface area contributed by atoms with Gasteiger partial charge in [-0.1, -0.05) is 13.0 Å². The number of nitrogens with zero attached hydrogens (tertiary/aromatic N) is 1. The topological polar surface area (TPSA) is 40.6 Å². The normalized spacial score (nSPS) is 15.1. The van der Waals surface area contributed by atoms with Crippen LogP contribution in [-0.2, 0) is 0 Å². The Morgan fingerprint density at radius 3 is 2.38 bits per heavy atom. The molecule has 1 atom stereocenters. The van der Waals surface area contributed by atoms with Crippen LogP contribution in [0.5, 0.6) is 17.2 Å². The van der Waals surface area contributed by atoms with E-state index in [1.807, 2.05) is 24.4 Å². The Kier molecular flexibility index (Phi) is 3.34. The van der Waals surface area contributed by atoms with Crippen molar-refractivity contribution >= 4 is 10.8 Å². The van der Waals surface area contributed by atoms with Crippen LogP contribution in [0.4, 0.5) is 0 Å². The maximum atomic E-state index is 5.46. The highest BCUT2D eigenvalue weighted by molar-refractivity contribution is 5.95. The van der Waals surface area contributed by atoms with E-state index in [1.54, 1.807) is 21.3 Å².